The van der Waals surface area contributed by atoms with Gasteiger partial charge in [-0.05, 0) is 32.1 Å². The number of carbonyl (C=O) groups is 1. The van der Waals surface area contributed by atoms with E-state index in [2.05, 4.69) is 15.5 Å². The Labute approximate surface area is 125 Å². The van der Waals surface area contributed by atoms with Gasteiger partial charge in [0, 0.05) is 13.1 Å². The third-order valence-corrected chi connectivity index (χ3v) is 4.09. The lowest BCUT2D eigenvalue weighted by molar-refractivity contribution is -0.158. The number of rotatable bonds is 3. The lowest BCUT2D eigenvalue weighted by Crippen LogP contribution is -2.51. The number of carbonyl (C=O) groups excluding carboxylic acids is 1. The molecule has 1 N–H and O–H groups in total. The number of aromatic nitrogens is 2. The van der Waals surface area contributed by atoms with E-state index in [0.717, 1.165) is 0 Å². The molecular formula is C13H17F3N4O2. The highest BCUT2D eigenvalue weighted by atomic mass is 19.4. The van der Waals surface area contributed by atoms with Crippen molar-refractivity contribution in [2.24, 2.45) is 5.92 Å². The fourth-order valence-electron chi connectivity index (χ4n) is 2.75. The van der Waals surface area contributed by atoms with Gasteiger partial charge in [0.15, 0.2) is 5.82 Å². The van der Waals surface area contributed by atoms with E-state index in [1.165, 1.54) is 4.90 Å². The van der Waals surface area contributed by atoms with Gasteiger partial charge in [-0.3, -0.25) is 0 Å². The molecule has 1 aliphatic carbocycles. The van der Waals surface area contributed by atoms with Crippen molar-refractivity contribution >= 4 is 6.03 Å². The predicted octanol–water partition coefficient (Wildman–Crippen LogP) is 2.22. The van der Waals surface area contributed by atoms with Gasteiger partial charge >= 0.3 is 12.2 Å². The van der Waals surface area contributed by atoms with Crippen molar-refractivity contribution < 1.29 is 22.5 Å². The molecule has 6 nitrogen and oxygen atoms in total. The van der Waals surface area contributed by atoms with E-state index in [9.17, 15) is 18.0 Å². The lowest BCUT2D eigenvalue weighted by Gasteiger charge is -2.25. The minimum absolute atomic E-state index is 0.114. The Balaban J connectivity index is 1.59. The smallest absolute Gasteiger partial charge is 0.339 e. The number of likely N-dealkylation sites (tertiary alicyclic amines) is 1. The molecule has 2 heterocycles. The van der Waals surface area contributed by atoms with Crippen molar-refractivity contribution in [2.75, 3.05) is 13.1 Å². The molecule has 0 bridgehead atoms. The van der Waals surface area contributed by atoms with Crippen LogP contribution in [-0.2, 0) is 0 Å². The van der Waals surface area contributed by atoms with Crippen molar-refractivity contribution in [1.82, 2.24) is 20.4 Å². The van der Waals surface area contributed by atoms with Crippen LogP contribution in [0.4, 0.5) is 18.0 Å². The Kier molecular flexibility index (Phi) is 3.73. The molecule has 9 heteroatoms. The maximum absolute atomic E-state index is 12.9. The third kappa shape index (κ3) is 3.17. The molecule has 1 aromatic rings. The Morgan fingerprint density at radius 3 is 2.68 bits per heavy atom. The van der Waals surface area contributed by atoms with Gasteiger partial charge in [0.05, 0.1) is 5.92 Å². The number of alkyl halides is 3. The fourth-order valence-corrected chi connectivity index (χ4v) is 2.75. The van der Waals surface area contributed by atoms with Gasteiger partial charge in [-0.1, -0.05) is 5.16 Å². The first-order chi connectivity index (χ1) is 10.3. The minimum Gasteiger partial charge on any atom is -0.339 e. The predicted molar refractivity (Wildman–Crippen MR) is 69.1 cm³/mol. The molecule has 0 aromatic carbocycles. The SMILES string of the molecule is Cc1noc(C2CCN(C(=O)NC(C3CC3)C(F)(F)F)C2)n1. The number of aryl methyl sites for hydroxylation is 1. The van der Waals surface area contributed by atoms with Crippen molar-refractivity contribution in [1.29, 1.82) is 0 Å². The summed E-state index contributed by atoms with van der Waals surface area (Å²) < 4.78 is 43.9. The summed E-state index contributed by atoms with van der Waals surface area (Å²) in [5, 5.41) is 5.82. The van der Waals surface area contributed by atoms with Crippen molar-refractivity contribution in [2.45, 2.75) is 44.3 Å². The molecule has 2 amide bonds. The van der Waals surface area contributed by atoms with Gasteiger partial charge in [0.25, 0.3) is 0 Å². The largest absolute Gasteiger partial charge is 0.408 e. The first-order valence-electron chi connectivity index (χ1n) is 7.27. The standard InChI is InChI=1S/C13H17F3N4O2/c1-7-17-11(22-19-7)9-4-5-20(6-9)12(21)18-10(8-2-3-8)13(14,15)16/h8-10H,2-6H2,1H3,(H,18,21). The fraction of sp³-hybridized carbons (Fsp3) is 0.769. The molecule has 2 atom stereocenters. The normalized spacial score (nSPS) is 23.6. The quantitative estimate of drug-likeness (QED) is 0.927. The first kappa shape index (κ1) is 15.1. The number of nitrogens with zero attached hydrogens (tertiary/aromatic N) is 3. The summed E-state index contributed by atoms with van der Waals surface area (Å²) in [6.45, 7) is 2.37. The first-order valence-corrected chi connectivity index (χ1v) is 7.27. The maximum Gasteiger partial charge on any atom is 0.408 e. The van der Waals surface area contributed by atoms with E-state index in [-0.39, 0.29) is 5.92 Å². The summed E-state index contributed by atoms with van der Waals surface area (Å²) in [4.78, 5) is 17.6. The molecule has 2 unspecified atom stereocenters. The molecule has 1 aromatic heterocycles. The van der Waals surface area contributed by atoms with Gasteiger partial charge in [-0.15, -0.1) is 0 Å². The second-order valence-corrected chi connectivity index (χ2v) is 5.92. The highest BCUT2D eigenvalue weighted by molar-refractivity contribution is 5.75. The molecule has 0 radical (unpaired) electrons. The molecule has 1 saturated heterocycles. The topological polar surface area (TPSA) is 71.3 Å². The number of nitrogens with one attached hydrogen (secondary N) is 1. The average molecular weight is 318 g/mol. The van der Waals surface area contributed by atoms with Crippen LogP contribution in [0.2, 0.25) is 0 Å². The summed E-state index contributed by atoms with van der Waals surface area (Å²) in [6.07, 6.45) is -2.78. The molecule has 3 rings (SSSR count). The van der Waals surface area contributed by atoms with Gasteiger partial charge < -0.3 is 14.7 Å². The van der Waals surface area contributed by atoms with Gasteiger partial charge in [-0.2, -0.15) is 18.2 Å². The number of urea groups is 1. The van der Waals surface area contributed by atoms with Crippen LogP contribution in [0.25, 0.3) is 0 Å². The van der Waals surface area contributed by atoms with Crippen LogP contribution in [0.15, 0.2) is 4.52 Å². The summed E-state index contributed by atoms with van der Waals surface area (Å²) >= 11 is 0. The van der Waals surface area contributed by atoms with Crippen LogP contribution in [0.1, 0.15) is 36.9 Å². The molecule has 1 aliphatic heterocycles. The summed E-state index contributed by atoms with van der Waals surface area (Å²) in [5.74, 6) is 0.337. The van der Waals surface area contributed by atoms with Crippen LogP contribution in [0.3, 0.4) is 0 Å². The third-order valence-electron chi connectivity index (χ3n) is 4.09. The zero-order valence-electron chi connectivity index (χ0n) is 12.1. The zero-order valence-corrected chi connectivity index (χ0v) is 12.1. The average Bonchev–Trinajstić information content (AvgIpc) is 2.96. The van der Waals surface area contributed by atoms with Gasteiger partial charge in [-0.25, -0.2) is 4.79 Å². The van der Waals surface area contributed by atoms with Crippen molar-refractivity contribution in [3.8, 4) is 0 Å². The second kappa shape index (κ2) is 5.44. The Hall–Kier alpha value is -1.80. The lowest BCUT2D eigenvalue weighted by atomic mass is 10.1. The van der Waals surface area contributed by atoms with E-state index >= 15 is 0 Å². The molecule has 22 heavy (non-hydrogen) atoms. The molecule has 122 valence electrons. The van der Waals surface area contributed by atoms with E-state index in [4.69, 9.17) is 4.52 Å². The van der Waals surface area contributed by atoms with Crippen molar-refractivity contribution in [3.63, 3.8) is 0 Å². The minimum atomic E-state index is -4.40. The Bertz CT molecular complexity index is 556. The van der Waals surface area contributed by atoms with Crippen LogP contribution in [0, 0.1) is 12.8 Å². The van der Waals surface area contributed by atoms with Crippen LogP contribution in [0.5, 0.6) is 0 Å². The molecule has 0 spiro atoms. The van der Waals surface area contributed by atoms with E-state index in [1.807, 2.05) is 0 Å². The summed E-state index contributed by atoms with van der Waals surface area (Å²) in [5.41, 5.74) is 0. The zero-order chi connectivity index (χ0) is 15.9. The molecule has 2 aliphatic rings. The second-order valence-electron chi connectivity index (χ2n) is 5.92. The highest BCUT2D eigenvalue weighted by Gasteiger charge is 2.50. The van der Waals surface area contributed by atoms with E-state index in [0.29, 0.717) is 44.1 Å². The van der Waals surface area contributed by atoms with Crippen molar-refractivity contribution in [3.05, 3.63) is 11.7 Å². The van der Waals surface area contributed by atoms with Crippen LogP contribution >= 0.6 is 0 Å². The highest BCUT2D eigenvalue weighted by Crippen LogP contribution is 2.40. The Morgan fingerprint density at radius 1 is 1.41 bits per heavy atom. The maximum atomic E-state index is 12.9. The van der Waals surface area contributed by atoms with Gasteiger partial charge in [0.1, 0.15) is 6.04 Å². The summed E-state index contributed by atoms with van der Waals surface area (Å²) in [7, 11) is 0. The number of hydrogen-bond donors (Lipinski definition) is 1. The Morgan fingerprint density at radius 2 is 2.14 bits per heavy atom. The van der Waals surface area contributed by atoms with E-state index < -0.39 is 24.2 Å². The molecule has 1 saturated carbocycles. The van der Waals surface area contributed by atoms with Gasteiger partial charge in [0.2, 0.25) is 5.89 Å². The van der Waals surface area contributed by atoms with Crippen LogP contribution in [-0.4, -0.2) is 46.4 Å². The molecule has 2 fully saturated rings. The summed E-state index contributed by atoms with van der Waals surface area (Å²) in [6, 6.07) is -2.42. The number of hydrogen-bond acceptors (Lipinski definition) is 4. The monoisotopic (exact) mass is 318 g/mol. The van der Waals surface area contributed by atoms with E-state index in [1.54, 1.807) is 6.92 Å². The number of amides is 2. The van der Waals surface area contributed by atoms with Crippen LogP contribution < -0.4 is 5.32 Å². The molecular weight excluding hydrogens is 301 g/mol. The number of halogens is 3.